The predicted molar refractivity (Wildman–Crippen MR) is 109 cm³/mol. The van der Waals surface area contributed by atoms with Crippen molar-refractivity contribution in [1.82, 2.24) is 10.3 Å². The van der Waals surface area contributed by atoms with Gasteiger partial charge < -0.3 is 14.8 Å². The number of nitrogens with one attached hydrogen (secondary N) is 2. The number of halogens is 3. The largest absolute Gasteiger partial charge is 0.490 e. The van der Waals surface area contributed by atoms with Crippen LogP contribution in [0.25, 0.3) is 0 Å². The van der Waals surface area contributed by atoms with Crippen molar-refractivity contribution in [3.63, 3.8) is 0 Å². The number of urea groups is 1. The first-order chi connectivity index (χ1) is 15.9. The molecule has 2 aliphatic rings. The highest BCUT2D eigenvalue weighted by Gasteiger charge is 2.57. The van der Waals surface area contributed by atoms with Gasteiger partial charge >= 0.3 is 6.03 Å². The number of rotatable bonds is 4. The van der Waals surface area contributed by atoms with Crippen LogP contribution >= 0.6 is 0 Å². The van der Waals surface area contributed by atoms with Gasteiger partial charge in [0.15, 0.2) is 23.1 Å². The third kappa shape index (κ3) is 3.89. The molecule has 2 N–H and O–H groups in total. The van der Waals surface area contributed by atoms with Gasteiger partial charge in [0, 0.05) is 29.5 Å². The molecule has 7 nitrogen and oxygen atoms in total. The molecule has 0 saturated heterocycles. The van der Waals surface area contributed by atoms with E-state index in [9.17, 15) is 18.0 Å². The fraction of sp³-hybridized carbons (Fsp3) is 0.174. The molecular formula is C23H15F3N4O3. The molecule has 3 atom stereocenters. The Morgan fingerprint density at radius 3 is 2.67 bits per heavy atom. The maximum atomic E-state index is 14.2. The summed E-state index contributed by atoms with van der Waals surface area (Å²) in [6.45, 7) is 0.177. The molecule has 2 amide bonds. The Morgan fingerprint density at radius 1 is 1.12 bits per heavy atom. The van der Waals surface area contributed by atoms with Gasteiger partial charge in [0.05, 0.1) is 24.4 Å². The Bertz CT molecular complexity index is 1290. The molecule has 1 aromatic heterocycles. The summed E-state index contributed by atoms with van der Waals surface area (Å²) in [6, 6.07) is 9.63. The van der Waals surface area contributed by atoms with Crippen LogP contribution in [0.3, 0.4) is 0 Å². The fourth-order valence-electron chi connectivity index (χ4n) is 3.95. The van der Waals surface area contributed by atoms with E-state index in [0.717, 1.165) is 18.2 Å². The molecule has 0 spiro atoms. The number of hydrogen-bond donors (Lipinski definition) is 2. The third-order valence-electron chi connectivity index (χ3n) is 5.58. The van der Waals surface area contributed by atoms with E-state index in [4.69, 9.17) is 14.7 Å². The normalized spacial score (nSPS) is 19.9. The molecule has 2 aromatic carbocycles. The number of carbonyl (C=O) groups excluding carboxylic acids is 1. The van der Waals surface area contributed by atoms with Gasteiger partial charge in [-0.15, -0.1) is 0 Å². The van der Waals surface area contributed by atoms with Gasteiger partial charge in [0.1, 0.15) is 17.4 Å². The first-order valence-corrected chi connectivity index (χ1v) is 9.96. The van der Waals surface area contributed by atoms with Crippen molar-refractivity contribution in [2.75, 3.05) is 11.9 Å². The zero-order chi connectivity index (χ0) is 23.1. The second kappa shape index (κ2) is 8.02. The average molecular weight is 452 g/mol. The van der Waals surface area contributed by atoms with Crippen LogP contribution in [-0.2, 0) is 0 Å². The molecule has 5 rings (SSSR count). The summed E-state index contributed by atoms with van der Waals surface area (Å²) in [4.78, 5) is 16.4. The smallest absolute Gasteiger partial charge is 0.320 e. The molecule has 0 radical (unpaired) electrons. The second-order valence-electron chi connectivity index (χ2n) is 7.64. The number of carbonyl (C=O) groups is 1. The van der Waals surface area contributed by atoms with Crippen molar-refractivity contribution in [3.05, 3.63) is 77.2 Å². The summed E-state index contributed by atoms with van der Waals surface area (Å²) in [7, 11) is 0. The van der Waals surface area contributed by atoms with Crippen molar-refractivity contribution in [3.8, 4) is 23.3 Å². The van der Waals surface area contributed by atoms with Gasteiger partial charge in [-0.05, 0) is 36.4 Å². The SMILES string of the molecule is N#Cc1ccc(F)c(Oc2ccc(NC(=O)NC3[C@H]4COc5c(F)ccc(F)c5[C@@H]34)nc2)c1. The zero-order valence-electron chi connectivity index (χ0n) is 16.8. The minimum Gasteiger partial charge on any atom is -0.490 e. The lowest BCUT2D eigenvalue weighted by molar-refractivity contribution is 0.247. The molecule has 2 heterocycles. The molecule has 1 saturated carbocycles. The highest BCUT2D eigenvalue weighted by atomic mass is 19.1. The predicted octanol–water partition coefficient (Wildman–Crippen LogP) is 4.46. The third-order valence-corrected chi connectivity index (χ3v) is 5.58. The number of nitriles is 1. The number of amides is 2. The summed E-state index contributed by atoms with van der Waals surface area (Å²) in [5, 5.41) is 14.2. The van der Waals surface area contributed by atoms with E-state index in [1.165, 1.54) is 30.5 Å². The first-order valence-electron chi connectivity index (χ1n) is 9.96. The van der Waals surface area contributed by atoms with Crippen LogP contribution in [0.4, 0.5) is 23.8 Å². The highest BCUT2D eigenvalue weighted by molar-refractivity contribution is 5.89. The summed E-state index contributed by atoms with van der Waals surface area (Å²) in [6.07, 6.45) is 1.28. The lowest BCUT2D eigenvalue weighted by Gasteiger charge is -2.16. The lowest BCUT2D eigenvalue weighted by atomic mass is 10.0. The Balaban J connectivity index is 1.21. The minimum atomic E-state index is -0.636. The molecule has 1 aliphatic carbocycles. The molecule has 1 aliphatic heterocycles. The fourth-order valence-corrected chi connectivity index (χ4v) is 3.95. The van der Waals surface area contributed by atoms with Crippen LogP contribution in [0, 0.1) is 34.7 Å². The van der Waals surface area contributed by atoms with Crippen molar-refractivity contribution < 1.29 is 27.4 Å². The van der Waals surface area contributed by atoms with Gasteiger partial charge in [0.2, 0.25) is 0 Å². The zero-order valence-corrected chi connectivity index (χ0v) is 16.8. The topological polar surface area (TPSA) is 96.3 Å². The van der Waals surface area contributed by atoms with Crippen molar-refractivity contribution >= 4 is 11.8 Å². The van der Waals surface area contributed by atoms with Crippen LogP contribution < -0.4 is 20.1 Å². The molecule has 166 valence electrons. The summed E-state index contributed by atoms with van der Waals surface area (Å²) in [5.41, 5.74) is 0.384. The second-order valence-corrected chi connectivity index (χ2v) is 7.64. The monoisotopic (exact) mass is 452 g/mol. The number of benzene rings is 2. The van der Waals surface area contributed by atoms with E-state index in [2.05, 4.69) is 15.6 Å². The number of anilines is 1. The Labute approximate surface area is 185 Å². The van der Waals surface area contributed by atoms with Crippen LogP contribution in [-0.4, -0.2) is 23.7 Å². The van der Waals surface area contributed by atoms with Crippen molar-refractivity contribution in [2.24, 2.45) is 5.92 Å². The minimum absolute atomic E-state index is 0.102. The van der Waals surface area contributed by atoms with Crippen LogP contribution in [0.2, 0.25) is 0 Å². The van der Waals surface area contributed by atoms with Gasteiger partial charge in [-0.3, -0.25) is 5.32 Å². The van der Waals surface area contributed by atoms with Crippen molar-refractivity contribution in [1.29, 1.82) is 5.26 Å². The Kier molecular flexibility index (Phi) is 5.01. The first kappa shape index (κ1) is 20.6. The van der Waals surface area contributed by atoms with Gasteiger partial charge in [-0.2, -0.15) is 5.26 Å². The Morgan fingerprint density at radius 2 is 1.91 bits per heavy atom. The van der Waals surface area contributed by atoms with E-state index < -0.39 is 29.5 Å². The number of ether oxygens (including phenoxy) is 2. The summed E-state index contributed by atoms with van der Waals surface area (Å²) in [5.74, 6) is -2.18. The number of nitrogens with zero attached hydrogens (tertiary/aromatic N) is 2. The molecule has 33 heavy (non-hydrogen) atoms. The molecular weight excluding hydrogens is 437 g/mol. The average Bonchev–Trinajstić information content (AvgIpc) is 3.51. The van der Waals surface area contributed by atoms with Crippen LogP contribution in [0.5, 0.6) is 17.2 Å². The molecule has 10 heteroatoms. The lowest BCUT2D eigenvalue weighted by Crippen LogP contribution is -2.32. The van der Waals surface area contributed by atoms with E-state index in [1.54, 1.807) is 0 Å². The highest BCUT2D eigenvalue weighted by Crippen LogP contribution is 2.55. The standard InChI is InChI=1S/C23H15F3N4O3/c24-14-3-1-11(8-27)7-17(14)33-12-2-6-18(28-9-12)29-23(31)30-21-13-10-32-22-16(26)5-4-15(25)20(22)19(13)21/h1-7,9,13,19,21H,10H2,(H2,28,29,30,31)/t13-,19-,21?/m0/s1. The summed E-state index contributed by atoms with van der Waals surface area (Å²) >= 11 is 0. The van der Waals surface area contributed by atoms with E-state index in [0.29, 0.717) is 0 Å². The Hall–Kier alpha value is -4.26. The molecule has 0 bridgehead atoms. The quantitative estimate of drug-likeness (QED) is 0.610. The van der Waals surface area contributed by atoms with Crippen LogP contribution in [0.1, 0.15) is 17.0 Å². The van der Waals surface area contributed by atoms with Crippen LogP contribution in [0.15, 0.2) is 48.7 Å². The number of hydrogen-bond acceptors (Lipinski definition) is 5. The van der Waals surface area contributed by atoms with E-state index in [-0.39, 0.29) is 52.6 Å². The van der Waals surface area contributed by atoms with Gasteiger partial charge in [0.25, 0.3) is 0 Å². The van der Waals surface area contributed by atoms with Gasteiger partial charge in [-0.25, -0.2) is 22.9 Å². The van der Waals surface area contributed by atoms with Crippen molar-refractivity contribution in [2.45, 2.75) is 12.0 Å². The number of aromatic nitrogens is 1. The van der Waals surface area contributed by atoms with E-state index >= 15 is 0 Å². The molecule has 3 aromatic rings. The van der Waals surface area contributed by atoms with Gasteiger partial charge in [-0.1, -0.05) is 0 Å². The maximum absolute atomic E-state index is 14.2. The summed E-state index contributed by atoms with van der Waals surface area (Å²) < 4.78 is 52.7. The maximum Gasteiger partial charge on any atom is 0.320 e. The number of pyridine rings is 1. The molecule has 1 unspecified atom stereocenters. The molecule has 1 fully saturated rings. The number of fused-ring (bicyclic) bond motifs is 3. The van der Waals surface area contributed by atoms with E-state index in [1.807, 2.05) is 6.07 Å².